The molecule has 0 fully saturated rings. The second kappa shape index (κ2) is 7.27. The maximum Gasteiger partial charge on any atom is 0.336 e. The molecule has 2 aromatic rings. The molecular weight excluding hydrogens is 398 g/mol. The van der Waals surface area contributed by atoms with Gasteiger partial charge >= 0.3 is 11.9 Å². The summed E-state index contributed by atoms with van der Waals surface area (Å²) in [5.74, 6) is -1.35. The first-order valence-corrected chi connectivity index (χ1v) is 8.64. The molecule has 1 aliphatic rings. The SMILES string of the molecule is CC1(N)OC(=O)/C=C\C(=O)O/C1=C(/c1ccccc1)c1ccc(Br)cc1. The van der Waals surface area contributed by atoms with E-state index in [2.05, 4.69) is 15.9 Å². The van der Waals surface area contributed by atoms with E-state index in [-0.39, 0.29) is 5.76 Å². The molecule has 0 saturated heterocycles. The Hall–Kier alpha value is -2.70. The summed E-state index contributed by atoms with van der Waals surface area (Å²) >= 11 is 3.40. The van der Waals surface area contributed by atoms with Crippen molar-refractivity contribution in [2.45, 2.75) is 12.6 Å². The molecule has 6 heteroatoms. The van der Waals surface area contributed by atoms with Gasteiger partial charge in [0, 0.05) is 22.2 Å². The molecule has 1 aliphatic heterocycles. The Morgan fingerprint density at radius 2 is 1.50 bits per heavy atom. The minimum absolute atomic E-state index is 0.0636. The van der Waals surface area contributed by atoms with Gasteiger partial charge in [0.2, 0.25) is 5.72 Å². The van der Waals surface area contributed by atoms with Crippen molar-refractivity contribution in [3.63, 3.8) is 0 Å². The van der Waals surface area contributed by atoms with Gasteiger partial charge in [-0.2, -0.15) is 0 Å². The zero-order chi connectivity index (χ0) is 18.7. The fourth-order valence-corrected chi connectivity index (χ4v) is 2.88. The van der Waals surface area contributed by atoms with Gasteiger partial charge in [0.05, 0.1) is 0 Å². The molecule has 2 N–H and O–H groups in total. The highest BCUT2D eigenvalue weighted by Gasteiger charge is 2.36. The predicted octanol–water partition coefficient (Wildman–Crippen LogP) is 3.54. The zero-order valence-corrected chi connectivity index (χ0v) is 15.5. The van der Waals surface area contributed by atoms with E-state index in [1.807, 2.05) is 54.6 Å². The summed E-state index contributed by atoms with van der Waals surface area (Å²) in [6.45, 7) is 1.48. The molecule has 1 atom stereocenters. The van der Waals surface area contributed by atoms with E-state index < -0.39 is 17.7 Å². The molecule has 2 aromatic carbocycles. The topological polar surface area (TPSA) is 78.6 Å². The third kappa shape index (κ3) is 3.92. The van der Waals surface area contributed by atoms with Crippen molar-refractivity contribution in [3.05, 3.63) is 88.1 Å². The average Bonchev–Trinajstić information content (AvgIpc) is 2.61. The van der Waals surface area contributed by atoms with Crippen molar-refractivity contribution < 1.29 is 19.1 Å². The van der Waals surface area contributed by atoms with Crippen molar-refractivity contribution in [3.8, 4) is 0 Å². The number of hydrogen-bond donors (Lipinski definition) is 1. The summed E-state index contributed by atoms with van der Waals surface area (Å²) in [4.78, 5) is 23.9. The second-order valence-electron chi connectivity index (χ2n) is 5.86. The molecule has 1 unspecified atom stereocenters. The molecule has 5 nitrogen and oxygen atoms in total. The van der Waals surface area contributed by atoms with Crippen LogP contribution in [0, 0.1) is 0 Å². The maximum absolute atomic E-state index is 12.1. The van der Waals surface area contributed by atoms with E-state index >= 15 is 0 Å². The molecular formula is C20H16BrNO4. The Bertz CT molecular complexity index is 899. The average molecular weight is 414 g/mol. The fourth-order valence-electron chi connectivity index (χ4n) is 2.61. The molecule has 0 bridgehead atoms. The number of cyclic esters (lactones) is 2. The molecule has 0 amide bonds. The number of ether oxygens (including phenoxy) is 2. The third-order valence-corrected chi connectivity index (χ3v) is 4.27. The minimum atomic E-state index is -1.63. The van der Waals surface area contributed by atoms with E-state index in [0.717, 1.165) is 27.8 Å². The van der Waals surface area contributed by atoms with E-state index in [0.29, 0.717) is 5.57 Å². The van der Waals surface area contributed by atoms with E-state index in [1.165, 1.54) is 6.92 Å². The quantitative estimate of drug-likeness (QED) is 0.761. The standard InChI is InChI=1S/C20H16BrNO4/c1-20(22)19(25-16(23)11-12-17(24)26-20)18(13-5-3-2-4-6-13)14-7-9-15(21)10-8-14/h2-12H,22H2,1H3/b12-11-,19-18-. The van der Waals surface area contributed by atoms with Crippen LogP contribution in [0.15, 0.2) is 77.0 Å². The van der Waals surface area contributed by atoms with Crippen LogP contribution >= 0.6 is 15.9 Å². The lowest BCUT2D eigenvalue weighted by molar-refractivity contribution is -0.156. The van der Waals surface area contributed by atoms with Crippen molar-refractivity contribution in [2.24, 2.45) is 5.73 Å². The van der Waals surface area contributed by atoms with Crippen LogP contribution in [-0.4, -0.2) is 17.7 Å². The lowest BCUT2D eigenvalue weighted by Gasteiger charge is -2.30. The van der Waals surface area contributed by atoms with Gasteiger partial charge in [-0.15, -0.1) is 0 Å². The van der Waals surface area contributed by atoms with Crippen LogP contribution in [-0.2, 0) is 19.1 Å². The summed E-state index contributed by atoms with van der Waals surface area (Å²) in [5, 5.41) is 0. The highest BCUT2D eigenvalue weighted by Crippen LogP contribution is 2.34. The second-order valence-corrected chi connectivity index (χ2v) is 6.78. The van der Waals surface area contributed by atoms with Crippen LogP contribution in [0.5, 0.6) is 0 Å². The molecule has 0 saturated carbocycles. The number of benzene rings is 2. The molecule has 0 radical (unpaired) electrons. The molecule has 132 valence electrons. The molecule has 3 rings (SSSR count). The van der Waals surface area contributed by atoms with Gasteiger partial charge in [0.15, 0.2) is 5.76 Å². The van der Waals surface area contributed by atoms with E-state index in [4.69, 9.17) is 15.2 Å². The number of carbonyl (C=O) groups is 2. The van der Waals surface area contributed by atoms with Crippen molar-refractivity contribution in [2.75, 3.05) is 0 Å². The number of esters is 2. The number of rotatable bonds is 2. The number of carbonyl (C=O) groups excluding carboxylic acids is 2. The van der Waals surface area contributed by atoms with Crippen LogP contribution in [0.1, 0.15) is 18.1 Å². The van der Waals surface area contributed by atoms with Crippen molar-refractivity contribution >= 4 is 33.4 Å². The first kappa shape index (κ1) is 18.1. The van der Waals surface area contributed by atoms with Gasteiger partial charge in [-0.3, -0.25) is 5.73 Å². The lowest BCUT2D eigenvalue weighted by atomic mass is 9.93. The largest absolute Gasteiger partial charge is 0.434 e. The van der Waals surface area contributed by atoms with E-state index in [1.54, 1.807) is 0 Å². The first-order valence-electron chi connectivity index (χ1n) is 7.85. The first-order chi connectivity index (χ1) is 12.4. The molecule has 0 aromatic heterocycles. The Kier molecular flexibility index (Phi) is 5.06. The van der Waals surface area contributed by atoms with Crippen LogP contribution in [0.4, 0.5) is 0 Å². The summed E-state index contributed by atoms with van der Waals surface area (Å²) < 4.78 is 11.7. The van der Waals surface area contributed by atoms with Crippen molar-refractivity contribution in [1.29, 1.82) is 0 Å². The molecule has 1 heterocycles. The number of hydrogen-bond acceptors (Lipinski definition) is 5. The minimum Gasteiger partial charge on any atom is -0.434 e. The molecule has 0 spiro atoms. The van der Waals surface area contributed by atoms with Gasteiger partial charge in [-0.25, -0.2) is 9.59 Å². The number of nitrogens with two attached hydrogens (primary N) is 1. The maximum atomic E-state index is 12.1. The highest BCUT2D eigenvalue weighted by atomic mass is 79.9. The third-order valence-electron chi connectivity index (χ3n) is 3.74. The van der Waals surface area contributed by atoms with Crippen LogP contribution in [0.2, 0.25) is 0 Å². The monoisotopic (exact) mass is 413 g/mol. The van der Waals surface area contributed by atoms with Gasteiger partial charge in [0.1, 0.15) is 0 Å². The normalized spacial score (nSPS) is 23.3. The highest BCUT2D eigenvalue weighted by molar-refractivity contribution is 9.10. The summed E-state index contributed by atoms with van der Waals surface area (Å²) in [5.41, 5.74) is 6.70. The van der Waals surface area contributed by atoms with Gasteiger partial charge in [-0.1, -0.05) is 58.4 Å². The fraction of sp³-hybridized carbons (Fsp3) is 0.100. The van der Waals surface area contributed by atoms with E-state index in [9.17, 15) is 9.59 Å². The Labute approximate surface area is 159 Å². The zero-order valence-electron chi connectivity index (χ0n) is 13.9. The predicted molar refractivity (Wildman–Crippen MR) is 101 cm³/mol. The summed E-state index contributed by atoms with van der Waals surface area (Å²) in [7, 11) is 0. The molecule has 0 aliphatic carbocycles. The smallest absolute Gasteiger partial charge is 0.336 e. The Balaban J connectivity index is 2.29. The summed E-state index contributed by atoms with van der Waals surface area (Å²) in [6, 6.07) is 16.8. The van der Waals surface area contributed by atoms with Crippen LogP contribution in [0.3, 0.4) is 0 Å². The van der Waals surface area contributed by atoms with Gasteiger partial charge < -0.3 is 9.47 Å². The number of halogens is 1. The Morgan fingerprint density at radius 1 is 0.923 bits per heavy atom. The van der Waals surface area contributed by atoms with Crippen molar-refractivity contribution in [1.82, 2.24) is 0 Å². The van der Waals surface area contributed by atoms with Crippen LogP contribution < -0.4 is 5.73 Å². The van der Waals surface area contributed by atoms with Gasteiger partial charge in [-0.05, 0) is 30.2 Å². The summed E-state index contributed by atoms with van der Waals surface area (Å²) in [6.07, 6.45) is 2.01. The molecule has 26 heavy (non-hydrogen) atoms. The Morgan fingerprint density at radius 3 is 2.15 bits per heavy atom. The van der Waals surface area contributed by atoms with Gasteiger partial charge in [0.25, 0.3) is 0 Å². The van der Waals surface area contributed by atoms with Crippen LogP contribution in [0.25, 0.3) is 5.57 Å². The lowest BCUT2D eigenvalue weighted by Crippen LogP contribution is -2.45.